The third-order valence-electron chi connectivity index (χ3n) is 18.6. The third-order valence-corrected chi connectivity index (χ3v) is 18.9. The Kier molecular flexibility index (Phi) is 29.0. The number of carbonyl (C=O) groups excluding carboxylic acids is 2. The lowest BCUT2D eigenvalue weighted by Gasteiger charge is -2.29. The summed E-state index contributed by atoms with van der Waals surface area (Å²) in [4.78, 5) is 28.8. The van der Waals surface area contributed by atoms with Gasteiger partial charge in [0.1, 0.15) is 51.4 Å². The number of benzene rings is 10. The average Bonchev–Trinajstić information content (AvgIpc) is 1.78. The number of methoxy groups -OCH3 is 4. The molecule has 3 atom stereocenters. The summed E-state index contributed by atoms with van der Waals surface area (Å²) in [6.07, 6.45) is 5.72. The minimum Gasteiger partial charge on any atom is -0.497 e. The van der Waals surface area contributed by atoms with Crippen molar-refractivity contribution in [3.63, 3.8) is 0 Å². The van der Waals surface area contributed by atoms with Gasteiger partial charge < -0.3 is 73.7 Å². The van der Waals surface area contributed by atoms with Gasteiger partial charge in [-0.05, 0) is 255 Å². The van der Waals surface area contributed by atoms with Gasteiger partial charge in [0.15, 0.2) is 17.2 Å². The number of rotatable bonds is 22. The number of halogens is 1. The number of anilines is 3. The minimum absolute atomic E-state index is 0.0596. The van der Waals surface area contributed by atoms with Crippen LogP contribution in [0.4, 0.5) is 26.7 Å². The second kappa shape index (κ2) is 39.2. The zero-order chi connectivity index (χ0) is 77.3. The van der Waals surface area contributed by atoms with Crippen molar-refractivity contribution in [1.82, 2.24) is 15.1 Å². The van der Waals surface area contributed by atoms with E-state index in [1.807, 2.05) is 180 Å². The van der Waals surface area contributed by atoms with E-state index in [-0.39, 0.29) is 24.3 Å². The summed E-state index contributed by atoms with van der Waals surface area (Å²) in [7, 11) is 6.65. The Morgan fingerprint density at radius 1 is 0.413 bits per heavy atom. The monoisotopic (exact) mass is 1490 g/mol. The molecule has 572 valence electrons. The predicted octanol–water partition coefficient (Wildman–Crippen LogP) is 22.2. The van der Waals surface area contributed by atoms with Gasteiger partial charge in [-0.1, -0.05) is 121 Å². The maximum Gasteiger partial charge on any atom is 0.410 e. The number of hydrogen-bond acceptors (Lipinski definition) is 15. The van der Waals surface area contributed by atoms with E-state index >= 15 is 0 Å². The number of amides is 2. The lowest BCUT2D eigenvalue weighted by atomic mass is 9.96. The molecule has 0 spiro atoms. The van der Waals surface area contributed by atoms with Crippen molar-refractivity contribution in [3.8, 4) is 90.9 Å². The largest absolute Gasteiger partial charge is 0.497 e. The number of carbonyl (C=O) groups is 2. The van der Waals surface area contributed by atoms with E-state index in [0.717, 1.165) is 119 Å². The molecule has 0 unspecified atom stereocenters. The fourth-order valence-corrected chi connectivity index (χ4v) is 13.2. The summed E-state index contributed by atoms with van der Waals surface area (Å²) in [6.45, 7) is 20.2. The van der Waals surface area contributed by atoms with Crippen molar-refractivity contribution in [2.75, 3.05) is 83.7 Å². The first-order chi connectivity index (χ1) is 52.6. The zero-order valence-corrected chi connectivity index (χ0v) is 65.7. The number of likely N-dealkylation sites (tertiary alicyclic amines) is 2. The molecule has 109 heavy (non-hydrogen) atoms. The Labute approximate surface area is 649 Å². The van der Waals surface area contributed by atoms with Crippen molar-refractivity contribution < 1.29 is 52.2 Å². The van der Waals surface area contributed by atoms with Crippen LogP contribution in [0, 0.1) is 13.8 Å². The Morgan fingerprint density at radius 2 is 0.817 bits per heavy atom. The average molecular weight is 1490 g/mol. The van der Waals surface area contributed by atoms with Crippen molar-refractivity contribution in [3.05, 3.63) is 247 Å². The van der Waals surface area contributed by atoms with Crippen LogP contribution in [0.25, 0.3) is 33.4 Å². The number of nitrogens with zero attached hydrogens (tertiary/aromatic N) is 2. The molecule has 0 bridgehead atoms. The standard InChI is InChI=1S/C29H34N2O4.C24H26N2O2.C23H29ClN2O4.C15H16O/c1-29(2,3)35-28(32)31-18-8-11-23(31)20-30-26-17-12-22(21-9-6-5-7-10-21)19-27(26)34-25-15-13-24(33-4)14-16-25;1-27-21-10-12-22(13-11-21)28-24-16-19(18-6-3-2-4-7-18)9-14-23(24)26-17-20-8-5-15-25-20;1-23(2,3)30-22(27)26-13-5-6-17(26)15-25-20-12-7-16(24)14-21(20)29-19-10-8-18(28-4)9-11-19;1-11-7-4-5-9-13(11)15-12(2)8-6-10-14(15)16-3/h5-7,9-10,12-17,19,23,30H,8,11,18,20H2,1-4H3;2-4,6-7,9-14,16,20,25-26H,5,8,15,17H2,1H3;7-12,14,17,25H,5-6,13,15H2,1-4H3;4-10H,1-3H3/t23-;20-;17-;/m000./s1. The van der Waals surface area contributed by atoms with Gasteiger partial charge in [0.2, 0.25) is 0 Å². The van der Waals surface area contributed by atoms with Crippen LogP contribution in [0.15, 0.2) is 231 Å². The van der Waals surface area contributed by atoms with Crippen molar-refractivity contribution in [2.24, 2.45) is 0 Å². The van der Waals surface area contributed by atoms with E-state index in [2.05, 4.69) is 126 Å². The second-order valence-corrected chi connectivity index (χ2v) is 29.4. The molecule has 3 heterocycles. The highest BCUT2D eigenvalue weighted by Crippen LogP contribution is 2.40. The van der Waals surface area contributed by atoms with E-state index in [1.54, 1.807) is 39.4 Å². The molecular formula is C91H105ClN6O11. The second-order valence-electron chi connectivity index (χ2n) is 29.0. The number of hydrogen-bond donors (Lipinski definition) is 4. The van der Waals surface area contributed by atoms with Gasteiger partial charge in [-0.15, -0.1) is 0 Å². The fraction of sp³-hybridized carbons (Fsp3) is 0.319. The predicted molar refractivity (Wildman–Crippen MR) is 441 cm³/mol. The lowest BCUT2D eigenvalue weighted by molar-refractivity contribution is 0.0224. The first kappa shape index (κ1) is 80.5. The van der Waals surface area contributed by atoms with Crippen LogP contribution in [0.1, 0.15) is 91.2 Å². The Morgan fingerprint density at radius 3 is 1.23 bits per heavy atom. The zero-order valence-electron chi connectivity index (χ0n) is 64.9. The molecular weight excluding hydrogens is 1390 g/mol. The van der Waals surface area contributed by atoms with E-state index in [9.17, 15) is 9.59 Å². The quantitative estimate of drug-likeness (QED) is 0.0505. The third kappa shape index (κ3) is 24.0. The normalized spacial score (nSPS) is 15.1. The first-order valence-electron chi connectivity index (χ1n) is 37.4. The summed E-state index contributed by atoms with van der Waals surface area (Å²) in [5, 5.41) is 14.6. The maximum atomic E-state index is 12.7. The van der Waals surface area contributed by atoms with Crippen molar-refractivity contribution in [2.45, 2.75) is 123 Å². The van der Waals surface area contributed by atoms with Crippen LogP contribution < -0.4 is 54.4 Å². The van der Waals surface area contributed by atoms with Gasteiger partial charge in [0, 0.05) is 55.4 Å². The summed E-state index contributed by atoms with van der Waals surface area (Å²) in [5.41, 5.74) is 11.1. The van der Waals surface area contributed by atoms with Crippen LogP contribution in [0.5, 0.6) is 57.5 Å². The number of ether oxygens (including phenoxy) is 9. The molecule has 0 radical (unpaired) electrons. The highest BCUT2D eigenvalue weighted by molar-refractivity contribution is 6.30. The van der Waals surface area contributed by atoms with Gasteiger partial charge >= 0.3 is 12.2 Å². The van der Waals surface area contributed by atoms with Gasteiger partial charge in [-0.25, -0.2) is 9.59 Å². The molecule has 13 rings (SSSR count). The number of aryl methyl sites for hydroxylation is 2. The molecule has 4 N–H and O–H groups in total. The van der Waals surface area contributed by atoms with Crippen LogP contribution in [-0.4, -0.2) is 119 Å². The lowest BCUT2D eigenvalue weighted by Crippen LogP contribution is -2.42. The fourth-order valence-electron chi connectivity index (χ4n) is 13.0. The summed E-state index contributed by atoms with van der Waals surface area (Å²) < 4.78 is 50.9. The molecule has 3 aliphatic heterocycles. The Balaban J connectivity index is 0.000000159. The summed E-state index contributed by atoms with van der Waals surface area (Å²) in [6, 6.07) is 76.3. The molecule has 0 aliphatic carbocycles. The van der Waals surface area contributed by atoms with Crippen LogP contribution in [0.2, 0.25) is 5.02 Å². The van der Waals surface area contributed by atoms with Crippen LogP contribution in [-0.2, 0) is 9.47 Å². The Hall–Kier alpha value is -11.0. The van der Waals surface area contributed by atoms with Crippen LogP contribution >= 0.6 is 11.6 Å². The minimum atomic E-state index is -0.510. The molecule has 3 saturated heterocycles. The molecule has 10 aromatic carbocycles. The van der Waals surface area contributed by atoms with E-state index in [4.69, 9.17) is 54.2 Å². The first-order valence-corrected chi connectivity index (χ1v) is 37.8. The Bertz CT molecular complexity index is 4510. The molecule has 0 saturated carbocycles. The van der Waals surface area contributed by atoms with Gasteiger partial charge in [-0.3, -0.25) is 0 Å². The van der Waals surface area contributed by atoms with Gasteiger partial charge in [0.05, 0.1) is 57.6 Å². The summed E-state index contributed by atoms with van der Waals surface area (Å²) in [5.74, 6) is 7.64. The molecule has 0 aromatic heterocycles. The molecule has 18 heteroatoms. The van der Waals surface area contributed by atoms with Gasteiger partial charge in [-0.2, -0.15) is 0 Å². The number of nitrogens with one attached hydrogen (secondary N) is 4. The SMILES string of the molecule is COc1ccc(Oc2cc(-c3ccccc3)ccc2NC[C@@H]2CCCN2)cc1.COc1ccc(Oc2cc(-c3ccccc3)ccc2NC[C@@H]2CCCN2C(=O)OC(C)(C)C)cc1.COc1ccc(Oc2cc(Cl)ccc2NC[C@@H]2CCCN2C(=O)OC(C)(C)C)cc1.COc1cccc(C)c1-c1ccccc1C. The van der Waals surface area contributed by atoms with Crippen molar-refractivity contribution in [1.29, 1.82) is 0 Å². The molecule has 17 nitrogen and oxygen atoms in total. The van der Waals surface area contributed by atoms with Crippen LogP contribution in [0.3, 0.4) is 0 Å². The topological polar surface area (TPSA) is 172 Å². The highest BCUT2D eigenvalue weighted by atomic mass is 35.5. The van der Waals surface area contributed by atoms with Crippen molar-refractivity contribution >= 4 is 40.8 Å². The summed E-state index contributed by atoms with van der Waals surface area (Å²) >= 11 is 6.19. The van der Waals surface area contributed by atoms with Gasteiger partial charge in [0.25, 0.3) is 0 Å². The van der Waals surface area contributed by atoms with E-state index in [1.165, 1.54) is 40.7 Å². The molecule has 2 amide bonds. The smallest absolute Gasteiger partial charge is 0.410 e. The molecule has 3 fully saturated rings. The molecule has 3 aliphatic rings. The maximum absolute atomic E-state index is 12.7. The van der Waals surface area contributed by atoms with E-state index < -0.39 is 11.2 Å². The molecule has 10 aromatic rings. The van der Waals surface area contributed by atoms with E-state index in [0.29, 0.717) is 48.7 Å². The highest BCUT2D eigenvalue weighted by Gasteiger charge is 2.34.